The van der Waals surface area contributed by atoms with Crippen molar-refractivity contribution < 1.29 is 4.79 Å². The van der Waals surface area contributed by atoms with Crippen molar-refractivity contribution in [1.29, 1.82) is 0 Å². The zero-order valence-corrected chi connectivity index (χ0v) is 12.4. The highest BCUT2D eigenvalue weighted by atomic mass is 32.1. The van der Waals surface area contributed by atoms with Gasteiger partial charge in [-0.3, -0.25) is 4.79 Å². The van der Waals surface area contributed by atoms with Crippen LogP contribution in [-0.4, -0.2) is 17.4 Å². The standard InChI is InChI=1S/C15H19N3OS/c1-2-3-7-10-16-14(19)13-11-20-15(18-13)17-12-8-5-4-6-9-12/h4-6,8-9,11H,2-3,7,10H2,1H3,(H,16,19)(H,17,18). The van der Waals surface area contributed by atoms with Crippen molar-refractivity contribution in [3.05, 3.63) is 41.4 Å². The number of nitrogens with zero attached hydrogens (tertiary/aromatic N) is 1. The van der Waals surface area contributed by atoms with Gasteiger partial charge in [-0.25, -0.2) is 4.98 Å². The molecule has 5 heteroatoms. The quantitative estimate of drug-likeness (QED) is 0.762. The molecule has 0 bridgehead atoms. The van der Waals surface area contributed by atoms with Crippen molar-refractivity contribution in [2.75, 3.05) is 11.9 Å². The normalized spacial score (nSPS) is 10.2. The molecule has 0 saturated carbocycles. The van der Waals surface area contributed by atoms with Gasteiger partial charge in [0, 0.05) is 17.6 Å². The van der Waals surface area contributed by atoms with Gasteiger partial charge in [0.15, 0.2) is 5.13 Å². The van der Waals surface area contributed by atoms with E-state index >= 15 is 0 Å². The van der Waals surface area contributed by atoms with E-state index in [1.807, 2.05) is 30.3 Å². The van der Waals surface area contributed by atoms with Gasteiger partial charge in [-0.15, -0.1) is 11.3 Å². The summed E-state index contributed by atoms with van der Waals surface area (Å²) in [5, 5.41) is 8.58. The molecule has 1 aromatic carbocycles. The highest BCUT2D eigenvalue weighted by molar-refractivity contribution is 7.14. The van der Waals surface area contributed by atoms with Crippen LogP contribution in [0.15, 0.2) is 35.7 Å². The SMILES string of the molecule is CCCCCNC(=O)c1csc(Nc2ccccc2)n1. The zero-order valence-electron chi connectivity index (χ0n) is 11.6. The molecule has 0 saturated heterocycles. The second kappa shape index (κ2) is 7.65. The van der Waals surface area contributed by atoms with E-state index in [2.05, 4.69) is 22.5 Å². The Kier molecular flexibility index (Phi) is 5.55. The molecule has 106 valence electrons. The minimum Gasteiger partial charge on any atom is -0.351 e. The predicted molar refractivity (Wildman–Crippen MR) is 83.7 cm³/mol. The summed E-state index contributed by atoms with van der Waals surface area (Å²) < 4.78 is 0. The van der Waals surface area contributed by atoms with Gasteiger partial charge < -0.3 is 10.6 Å². The summed E-state index contributed by atoms with van der Waals surface area (Å²) in [7, 11) is 0. The number of hydrogen-bond acceptors (Lipinski definition) is 4. The Morgan fingerprint density at radius 3 is 2.80 bits per heavy atom. The Hall–Kier alpha value is -1.88. The number of para-hydroxylation sites is 1. The number of carbonyl (C=O) groups is 1. The molecule has 20 heavy (non-hydrogen) atoms. The molecule has 0 radical (unpaired) electrons. The fraction of sp³-hybridized carbons (Fsp3) is 0.333. The molecule has 1 aromatic heterocycles. The maximum absolute atomic E-state index is 11.9. The van der Waals surface area contributed by atoms with Crippen LogP contribution in [-0.2, 0) is 0 Å². The molecule has 0 aliphatic rings. The smallest absolute Gasteiger partial charge is 0.270 e. The van der Waals surface area contributed by atoms with Gasteiger partial charge in [0.05, 0.1) is 0 Å². The number of amides is 1. The van der Waals surface area contributed by atoms with Crippen LogP contribution in [0.4, 0.5) is 10.8 Å². The molecule has 2 N–H and O–H groups in total. The second-order valence-corrected chi connectivity index (χ2v) is 5.35. The lowest BCUT2D eigenvalue weighted by Crippen LogP contribution is -2.24. The fourth-order valence-corrected chi connectivity index (χ4v) is 2.46. The Morgan fingerprint density at radius 2 is 2.05 bits per heavy atom. The van der Waals surface area contributed by atoms with Crippen LogP contribution >= 0.6 is 11.3 Å². The van der Waals surface area contributed by atoms with E-state index in [-0.39, 0.29) is 5.91 Å². The summed E-state index contributed by atoms with van der Waals surface area (Å²) in [5.41, 5.74) is 1.45. The van der Waals surface area contributed by atoms with Gasteiger partial charge in [0.2, 0.25) is 0 Å². The number of anilines is 2. The fourth-order valence-electron chi connectivity index (χ4n) is 1.75. The van der Waals surface area contributed by atoms with E-state index in [9.17, 15) is 4.79 Å². The first-order chi connectivity index (χ1) is 9.79. The maximum Gasteiger partial charge on any atom is 0.270 e. The van der Waals surface area contributed by atoms with Crippen LogP contribution in [0.3, 0.4) is 0 Å². The molecule has 0 aliphatic carbocycles. The minimum absolute atomic E-state index is 0.0986. The van der Waals surface area contributed by atoms with E-state index in [0.717, 1.165) is 30.1 Å². The second-order valence-electron chi connectivity index (χ2n) is 4.49. The molecule has 0 spiro atoms. The Labute approximate surface area is 123 Å². The van der Waals surface area contributed by atoms with E-state index in [4.69, 9.17) is 0 Å². The Bertz CT molecular complexity index is 539. The van der Waals surface area contributed by atoms with Gasteiger partial charge in [0.1, 0.15) is 5.69 Å². The topological polar surface area (TPSA) is 54.0 Å². The zero-order chi connectivity index (χ0) is 14.2. The third-order valence-electron chi connectivity index (χ3n) is 2.83. The van der Waals surface area contributed by atoms with Crippen molar-refractivity contribution >= 4 is 28.1 Å². The average Bonchev–Trinajstić information content (AvgIpc) is 2.93. The highest BCUT2D eigenvalue weighted by Gasteiger charge is 2.10. The molecular weight excluding hydrogens is 270 g/mol. The van der Waals surface area contributed by atoms with Gasteiger partial charge in [-0.2, -0.15) is 0 Å². The molecular formula is C15H19N3OS. The van der Waals surface area contributed by atoms with Gasteiger partial charge in [-0.05, 0) is 18.6 Å². The number of thiazole rings is 1. The van der Waals surface area contributed by atoms with E-state index in [1.165, 1.54) is 11.3 Å². The van der Waals surface area contributed by atoms with Crippen LogP contribution in [0.25, 0.3) is 0 Å². The summed E-state index contributed by atoms with van der Waals surface area (Å²) in [4.78, 5) is 16.2. The number of nitrogens with one attached hydrogen (secondary N) is 2. The van der Waals surface area contributed by atoms with E-state index in [0.29, 0.717) is 12.2 Å². The first-order valence-electron chi connectivity index (χ1n) is 6.85. The summed E-state index contributed by atoms with van der Waals surface area (Å²) in [6.07, 6.45) is 3.30. The Morgan fingerprint density at radius 1 is 1.25 bits per heavy atom. The summed E-state index contributed by atoms with van der Waals surface area (Å²) in [6, 6.07) is 9.80. The van der Waals surface area contributed by atoms with Gasteiger partial charge in [-0.1, -0.05) is 38.0 Å². The summed E-state index contributed by atoms with van der Waals surface area (Å²) in [6.45, 7) is 2.86. The minimum atomic E-state index is -0.0986. The molecule has 2 rings (SSSR count). The van der Waals surface area contributed by atoms with Crippen LogP contribution in [0.1, 0.15) is 36.7 Å². The number of hydrogen-bond donors (Lipinski definition) is 2. The lowest BCUT2D eigenvalue weighted by atomic mass is 10.2. The van der Waals surface area contributed by atoms with Crippen molar-refractivity contribution in [2.45, 2.75) is 26.2 Å². The van der Waals surface area contributed by atoms with Crippen molar-refractivity contribution in [3.8, 4) is 0 Å². The molecule has 4 nitrogen and oxygen atoms in total. The monoisotopic (exact) mass is 289 g/mol. The average molecular weight is 289 g/mol. The van der Waals surface area contributed by atoms with Crippen molar-refractivity contribution in [2.24, 2.45) is 0 Å². The molecule has 0 unspecified atom stereocenters. The first kappa shape index (κ1) is 14.5. The number of unbranched alkanes of at least 4 members (excludes halogenated alkanes) is 2. The number of aromatic nitrogens is 1. The molecule has 2 aromatic rings. The van der Waals surface area contributed by atoms with Crippen LogP contribution in [0, 0.1) is 0 Å². The lowest BCUT2D eigenvalue weighted by Gasteiger charge is -2.02. The summed E-state index contributed by atoms with van der Waals surface area (Å²) in [5.74, 6) is -0.0986. The molecule has 0 fully saturated rings. The third-order valence-corrected chi connectivity index (χ3v) is 3.59. The summed E-state index contributed by atoms with van der Waals surface area (Å²) >= 11 is 1.43. The van der Waals surface area contributed by atoms with E-state index < -0.39 is 0 Å². The Balaban J connectivity index is 1.87. The number of benzene rings is 1. The first-order valence-corrected chi connectivity index (χ1v) is 7.73. The molecule has 0 aliphatic heterocycles. The van der Waals surface area contributed by atoms with Crippen LogP contribution < -0.4 is 10.6 Å². The lowest BCUT2D eigenvalue weighted by molar-refractivity contribution is 0.0949. The van der Waals surface area contributed by atoms with Crippen molar-refractivity contribution in [1.82, 2.24) is 10.3 Å². The largest absolute Gasteiger partial charge is 0.351 e. The van der Waals surface area contributed by atoms with E-state index in [1.54, 1.807) is 5.38 Å². The van der Waals surface area contributed by atoms with Crippen LogP contribution in [0.5, 0.6) is 0 Å². The molecule has 1 heterocycles. The highest BCUT2D eigenvalue weighted by Crippen LogP contribution is 2.20. The van der Waals surface area contributed by atoms with Crippen molar-refractivity contribution in [3.63, 3.8) is 0 Å². The third kappa shape index (κ3) is 4.35. The number of rotatable bonds is 7. The van der Waals surface area contributed by atoms with Gasteiger partial charge in [0.25, 0.3) is 5.91 Å². The van der Waals surface area contributed by atoms with Crippen LogP contribution in [0.2, 0.25) is 0 Å². The van der Waals surface area contributed by atoms with Gasteiger partial charge >= 0.3 is 0 Å². The molecule has 1 amide bonds. The maximum atomic E-state index is 11.9. The molecule has 0 atom stereocenters. The number of carbonyl (C=O) groups excluding carboxylic acids is 1. The predicted octanol–water partition coefficient (Wildman–Crippen LogP) is 3.81.